The first-order chi connectivity index (χ1) is 13.9. The van der Waals surface area contributed by atoms with E-state index in [1.54, 1.807) is 24.3 Å². The molecule has 0 spiro atoms. The maximum Gasteiger partial charge on any atom is 0.308 e. The Bertz CT molecular complexity index is 987. The molecule has 29 heavy (non-hydrogen) atoms. The summed E-state index contributed by atoms with van der Waals surface area (Å²) >= 11 is 0. The molecule has 2 amide bonds. The minimum Gasteiger partial charge on any atom is -0.494 e. The van der Waals surface area contributed by atoms with E-state index in [2.05, 4.69) is 0 Å². The van der Waals surface area contributed by atoms with Crippen molar-refractivity contribution in [1.29, 1.82) is 0 Å². The molecule has 7 nitrogen and oxygen atoms in total. The van der Waals surface area contributed by atoms with Crippen LogP contribution in [-0.4, -0.2) is 48.7 Å². The van der Waals surface area contributed by atoms with Gasteiger partial charge in [0.05, 0.1) is 20.0 Å². The maximum atomic E-state index is 13.7. The molecule has 0 N–H and O–H groups in total. The first kappa shape index (κ1) is 20.2. The van der Waals surface area contributed by atoms with E-state index in [4.69, 9.17) is 9.47 Å². The van der Waals surface area contributed by atoms with Gasteiger partial charge in [-0.25, -0.2) is 4.39 Å². The molecule has 8 heteroatoms. The quantitative estimate of drug-likeness (QED) is 0.403. The summed E-state index contributed by atoms with van der Waals surface area (Å²) in [5.74, 6) is -2.89. The molecule has 1 aliphatic rings. The van der Waals surface area contributed by atoms with Crippen LogP contribution in [0.4, 0.5) is 4.39 Å². The van der Waals surface area contributed by atoms with Crippen molar-refractivity contribution in [2.24, 2.45) is 0 Å². The van der Waals surface area contributed by atoms with Crippen LogP contribution in [0.1, 0.15) is 32.7 Å². The third kappa shape index (κ3) is 4.48. The number of carbonyl (C=O) groups excluding carboxylic acids is 4. The number of hydrogen-bond donors (Lipinski definition) is 0. The number of nitrogens with zero attached hydrogens (tertiary/aromatic N) is 1. The molecule has 2 aromatic carbocycles. The van der Waals surface area contributed by atoms with Crippen molar-refractivity contribution >= 4 is 23.6 Å². The average molecular weight is 399 g/mol. The Morgan fingerprint density at radius 1 is 1.14 bits per heavy atom. The Labute approximate surface area is 166 Å². The second-order valence-electron chi connectivity index (χ2n) is 6.37. The smallest absolute Gasteiger partial charge is 0.308 e. The molecular formula is C21H18FNO6. The van der Waals surface area contributed by atoms with Crippen LogP contribution in [0.5, 0.6) is 5.75 Å². The monoisotopic (exact) mass is 399 g/mol. The van der Waals surface area contributed by atoms with Crippen molar-refractivity contribution in [3.8, 4) is 5.75 Å². The number of fused-ring (bicyclic) bond motifs is 1. The SMILES string of the molecule is COc1ccc(C(=O)COC(=O)CCN2C(=O)Cc3ccccc3C2=O)cc1F. The highest BCUT2D eigenvalue weighted by molar-refractivity contribution is 6.09. The summed E-state index contributed by atoms with van der Waals surface area (Å²) in [6, 6.07) is 10.4. The zero-order chi connectivity index (χ0) is 21.0. The maximum absolute atomic E-state index is 13.7. The molecule has 0 bridgehead atoms. The summed E-state index contributed by atoms with van der Waals surface area (Å²) in [5, 5.41) is 0. The van der Waals surface area contributed by atoms with Crippen molar-refractivity contribution < 1.29 is 33.0 Å². The highest BCUT2D eigenvalue weighted by Crippen LogP contribution is 2.20. The molecule has 150 valence electrons. The number of imide groups is 1. The summed E-state index contributed by atoms with van der Waals surface area (Å²) in [5.41, 5.74) is 1.12. The minimum atomic E-state index is -0.744. The van der Waals surface area contributed by atoms with Gasteiger partial charge in [-0.15, -0.1) is 0 Å². The number of hydrogen-bond acceptors (Lipinski definition) is 6. The van der Waals surface area contributed by atoms with Gasteiger partial charge in [-0.3, -0.25) is 24.1 Å². The van der Waals surface area contributed by atoms with Crippen LogP contribution < -0.4 is 4.74 Å². The van der Waals surface area contributed by atoms with Gasteiger partial charge in [-0.05, 0) is 29.8 Å². The van der Waals surface area contributed by atoms with E-state index in [0.29, 0.717) is 11.1 Å². The highest BCUT2D eigenvalue weighted by Gasteiger charge is 2.30. The van der Waals surface area contributed by atoms with Gasteiger partial charge in [0.15, 0.2) is 24.0 Å². The second-order valence-corrected chi connectivity index (χ2v) is 6.37. The minimum absolute atomic E-state index is 0.00372. The number of Topliss-reactive ketones (excluding diaryl/α,β-unsaturated/α-hetero) is 1. The van der Waals surface area contributed by atoms with Gasteiger partial charge in [0.1, 0.15) is 0 Å². The van der Waals surface area contributed by atoms with Gasteiger partial charge in [-0.2, -0.15) is 0 Å². The van der Waals surface area contributed by atoms with Crippen molar-refractivity contribution in [1.82, 2.24) is 4.90 Å². The third-order valence-electron chi connectivity index (χ3n) is 4.51. The van der Waals surface area contributed by atoms with Crippen LogP contribution in [0.3, 0.4) is 0 Å². The summed E-state index contributed by atoms with van der Waals surface area (Å²) in [6.07, 6.45) is -0.164. The lowest BCUT2D eigenvalue weighted by Crippen LogP contribution is -2.43. The number of halogens is 1. The highest BCUT2D eigenvalue weighted by atomic mass is 19.1. The van der Waals surface area contributed by atoms with Crippen molar-refractivity contribution in [3.63, 3.8) is 0 Å². The van der Waals surface area contributed by atoms with Gasteiger partial charge in [0.2, 0.25) is 5.91 Å². The van der Waals surface area contributed by atoms with Gasteiger partial charge < -0.3 is 9.47 Å². The van der Waals surface area contributed by atoms with Crippen LogP contribution in [0, 0.1) is 5.82 Å². The average Bonchev–Trinajstić information content (AvgIpc) is 2.71. The lowest BCUT2D eigenvalue weighted by molar-refractivity contribution is -0.143. The van der Waals surface area contributed by atoms with Crippen LogP contribution in [-0.2, 0) is 20.7 Å². The Morgan fingerprint density at radius 2 is 1.90 bits per heavy atom. The largest absolute Gasteiger partial charge is 0.494 e. The standard InChI is InChI=1S/C21H18FNO6/c1-28-18-7-6-14(10-16(18)22)17(24)12-29-20(26)8-9-23-19(25)11-13-4-2-3-5-15(13)21(23)27/h2-7,10H,8-9,11-12H2,1H3. The number of esters is 1. The van der Waals surface area contributed by atoms with Crippen LogP contribution in [0.25, 0.3) is 0 Å². The molecule has 0 saturated carbocycles. The number of ether oxygens (including phenoxy) is 2. The fourth-order valence-electron chi connectivity index (χ4n) is 2.97. The fraction of sp³-hybridized carbons (Fsp3) is 0.238. The molecular weight excluding hydrogens is 381 g/mol. The summed E-state index contributed by atoms with van der Waals surface area (Å²) in [6.45, 7) is -0.717. The van der Waals surface area contributed by atoms with E-state index in [0.717, 1.165) is 11.0 Å². The van der Waals surface area contributed by atoms with Crippen molar-refractivity contribution in [2.75, 3.05) is 20.3 Å². The first-order valence-corrected chi connectivity index (χ1v) is 8.85. The van der Waals surface area contributed by atoms with E-state index >= 15 is 0 Å². The van der Waals surface area contributed by atoms with Crippen LogP contribution in [0.15, 0.2) is 42.5 Å². The number of amides is 2. The van der Waals surface area contributed by atoms with Gasteiger partial charge in [0, 0.05) is 17.7 Å². The van der Waals surface area contributed by atoms with Gasteiger partial charge in [-0.1, -0.05) is 18.2 Å². The van der Waals surface area contributed by atoms with E-state index in [1.807, 2.05) is 0 Å². The number of ketones is 1. The molecule has 0 unspecified atom stereocenters. The fourth-order valence-corrected chi connectivity index (χ4v) is 2.97. The molecule has 0 atom stereocenters. The predicted molar refractivity (Wildman–Crippen MR) is 99.0 cm³/mol. The van der Waals surface area contributed by atoms with Crippen molar-refractivity contribution in [2.45, 2.75) is 12.8 Å². The zero-order valence-electron chi connectivity index (χ0n) is 15.6. The Morgan fingerprint density at radius 3 is 2.62 bits per heavy atom. The first-order valence-electron chi connectivity index (χ1n) is 8.85. The predicted octanol–water partition coefficient (Wildman–Crippen LogP) is 2.18. The Balaban J connectivity index is 1.52. The van der Waals surface area contributed by atoms with E-state index in [-0.39, 0.29) is 30.7 Å². The molecule has 0 aromatic heterocycles. The molecule has 0 saturated heterocycles. The molecule has 0 fully saturated rings. The second kappa shape index (κ2) is 8.64. The molecule has 2 aromatic rings. The number of rotatable bonds is 7. The third-order valence-corrected chi connectivity index (χ3v) is 4.51. The van der Waals surface area contributed by atoms with Crippen molar-refractivity contribution in [3.05, 3.63) is 65.0 Å². The van der Waals surface area contributed by atoms with E-state index in [1.165, 1.54) is 19.2 Å². The lowest BCUT2D eigenvalue weighted by atomic mass is 9.98. The van der Waals surface area contributed by atoms with Crippen LogP contribution >= 0.6 is 0 Å². The summed E-state index contributed by atoms with van der Waals surface area (Å²) in [4.78, 5) is 49.6. The topological polar surface area (TPSA) is 90.0 Å². The molecule has 3 rings (SSSR count). The normalized spacial score (nSPS) is 13.1. The van der Waals surface area contributed by atoms with Gasteiger partial charge in [0.25, 0.3) is 5.91 Å². The number of methoxy groups -OCH3 is 1. The number of benzene rings is 2. The number of carbonyl (C=O) groups is 4. The molecule has 1 heterocycles. The van der Waals surface area contributed by atoms with E-state index < -0.39 is 36.0 Å². The molecule has 1 aliphatic heterocycles. The lowest BCUT2D eigenvalue weighted by Gasteiger charge is -2.26. The summed E-state index contributed by atoms with van der Waals surface area (Å²) < 4.78 is 23.3. The van der Waals surface area contributed by atoms with Gasteiger partial charge >= 0.3 is 5.97 Å². The Kier molecular flexibility index (Phi) is 6.01. The summed E-state index contributed by atoms with van der Waals surface area (Å²) in [7, 11) is 1.30. The van der Waals surface area contributed by atoms with Crippen LogP contribution in [0.2, 0.25) is 0 Å². The molecule has 0 radical (unpaired) electrons. The zero-order valence-corrected chi connectivity index (χ0v) is 15.6. The van der Waals surface area contributed by atoms with E-state index in [9.17, 15) is 23.6 Å². The molecule has 0 aliphatic carbocycles. The Hall–Kier alpha value is -3.55.